The lowest BCUT2D eigenvalue weighted by molar-refractivity contribution is -0.137. The smallest absolute Gasteiger partial charge is 0.317 e. The Labute approximate surface area is 134 Å². The van der Waals surface area contributed by atoms with Gasteiger partial charge in [0.05, 0.1) is 5.56 Å². The average molecular weight is 337 g/mol. The van der Waals surface area contributed by atoms with Crippen LogP contribution in [0.5, 0.6) is 0 Å². The van der Waals surface area contributed by atoms with Gasteiger partial charge in [-0.3, -0.25) is 4.79 Å². The molecule has 1 aromatic rings. The van der Waals surface area contributed by atoms with Gasteiger partial charge in [0.1, 0.15) is 0 Å². The summed E-state index contributed by atoms with van der Waals surface area (Å²) in [5, 5.41) is 3.19. The van der Waals surface area contributed by atoms with Gasteiger partial charge in [-0.1, -0.05) is 0 Å². The minimum absolute atomic E-state index is 0. The Hall–Kier alpha value is -1.27. The van der Waals surface area contributed by atoms with E-state index in [-0.39, 0.29) is 24.2 Å². The summed E-state index contributed by atoms with van der Waals surface area (Å²) in [6.07, 6.45) is -2.81. The quantitative estimate of drug-likeness (QED) is 0.916. The van der Waals surface area contributed by atoms with E-state index in [0.29, 0.717) is 12.2 Å². The second-order valence-corrected chi connectivity index (χ2v) is 5.15. The molecular weight excluding hydrogens is 317 g/mol. The van der Waals surface area contributed by atoms with Gasteiger partial charge in [0.15, 0.2) is 0 Å². The maximum absolute atomic E-state index is 12.6. The van der Waals surface area contributed by atoms with Crippen LogP contribution in [0.1, 0.15) is 25.3 Å². The van der Waals surface area contributed by atoms with Crippen LogP contribution >= 0.6 is 12.4 Å². The zero-order valence-corrected chi connectivity index (χ0v) is 13.1. The Morgan fingerprint density at radius 2 is 1.77 bits per heavy atom. The van der Waals surface area contributed by atoms with Gasteiger partial charge in [-0.05, 0) is 57.1 Å². The summed E-state index contributed by atoms with van der Waals surface area (Å²) in [5.74, 6) is -0.0488. The van der Waals surface area contributed by atoms with Crippen molar-refractivity contribution in [2.75, 3.05) is 24.5 Å². The molecule has 1 aromatic carbocycles. The summed E-state index contributed by atoms with van der Waals surface area (Å²) < 4.78 is 37.7. The fraction of sp³-hybridized carbons (Fsp3) is 0.533. The Bertz CT molecular complexity index is 485. The van der Waals surface area contributed by atoms with Crippen LogP contribution < -0.4 is 10.2 Å². The van der Waals surface area contributed by atoms with Gasteiger partial charge in [0, 0.05) is 18.2 Å². The summed E-state index contributed by atoms with van der Waals surface area (Å²) in [5.41, 5.74) is -0.175. The van der Waals surface area contributed by atoms with Gasteiger partial charge < -0.3 is 10.2 Å². The predicted molar refractivity (Wildman–Crippen MR) is 82.3 cm³/mol. The lowest BCUT2D eigenvalue weighted by Crippen LogP contribution is -2.41. The van der Waals surface area contributed by atoms with Crippen LogP contribution in [0.25, 0.3) is 0 Å². The van der Waals surface area contributed by atoms with Gasteiger partial charge in [-0.2, -0.15) is 13.2 Å². The number of benzene rings is 1. The minimum atomic E-state index is -4.35. The first-order chi connectivity index (χ1) is 9.93. The number of amides is 1. The van der Waals surface area contributed by atoms with Crippen molar-refractivity contribution in [3.05, 3.63) is 29.8 Å². The SMILES string of the molecule is CCN(C(=O)C1CCNCC1)c1ccc(C(F)(F)F)cc1.Cl. The summed E-state index contributed by atoms with van der Waals surface area (Å²) in [7, 11) is 0. The molecule has 0 spiro atoms. The highest BCUT2D eigenvalue weighted by atomic mass is 35.5. The first-order valence-electron chi connectivity index (χ1n) is 7.13. The molecule has 0 radical (unpaired) electrons. The summed E-state index contributed by atoms with van der Waals surface area (Å²) in [6, 6.07) is 4.78. The highest BCUT2D eigenvalue weighted by Gasteiger charge is 2.31. The number of carbonyl (C=O) groups excluding carboxylic acids is 1. The molecule has 1 fully saturated rings. The van der Waals surface area contributed by atoms with E-state index in [1.807, 2.05) is 6.92 Å². The van der Waals surface area contributed by atoms with E-state index in [2.05, 4.69) is 5.32 Å². The van der Waals surface area contributed by atoms with Crippen molar-refractivity contribution in [3.63, 3.8) is 0 Å². The van der Waals surface area contributed by atoms with Crippen LogP contribution in [-0.2, 0) is 11.0 Å². The molecular formula is C15H20ClF3N2O. The zero-order valence-electron chi connectivity index (χ0n) is 12.3. The molecule has 1 aliphatic rings. The fourth-order valence-corrected chi connectivity index (χ4v) is 2.59. The Morgan fingerprint density at radius 3 is 2.23 bits per heavy atom. The van der Waals surface area contributed by atoms with E-state index in [9.17, 15) is 18.0 Å². The van der Waals surface area contributed by atoms with Gasteiger partial charge in [-0.25, -0.2) is 0 Å². The molecule has 1 aliphatic heterocycles. The van der Waals surface area contributed by atoms with Crippen molar-refractivity contribution in [2.24, 2.45) is 5.92 Å². The van der Waals surface area contributed by atoms with E-state index < -0.39 is 11.7 Å². The third-order valence-electron chi connectivity index (χ3n) is 3.78. The Morgan fingerprint density at radius 1 is 1.23 bits per heavy atom. The van der Waals surface area contributed by atoms with E-state index in [1.54, 1.807) is 4.90 Å². The van der Waals surface area contributed by atoms with Crippen LogP contribution in [0, 0.1) is 5.92 Å². The van der Waals surface area contributed by atoms with Gasteiger partial charge >= 0.3 is 6.18 Å². The topological polar surface area (TPSA) is 32.3 Å². The summed E-state index contributed by atoms with van der Waals surface area (Å²) in [6.45, 7) is 3.90. The number of anilines is 1. The molecule has 7 heteroatoms. The molecule has 124 valence electrons. The number of carbonyl (C=O) groups is 1. The molecule has 1 saturated heterocycles. The predicted octanol–water partition coefficient (Wildman–Crippen LogP) is 3.48. The highest BCUT2D eigenvalue weighted by molar-refractivity contribution is 5.95. The molecule has 0 aromatic heterocycles. The molecule has 0 atom stereocenters. The molecule has 1 heterocycles. The molecule has 3 nitrogen and oxygen atoms in total. The molecule has 0 saturated carbocycles. The van der Waals surface area contributed by atoms with Crippen LogP contribution in [0.15, 0.2) is 24.3 Å². The van der Waals surface area contributed by atoms with Gasteiger partial charge in [0.2, 0.25) is 5.91 Å². The van der Waals surface area contributed by atoms with E-state index in [1.165, 1.54) is 12.1 Å². The number of hydrogen-bond donors (Lipinski definition) is 1. The maximum atomic E-state index is 12.6. The third-order valence-corrected chi connectivity index (χ3v) is 3.78. The number of nitrogens with zero attached hydrogens (tertiary/aromatic N) is 1. The number of halogens is 4. The van der Waals surface area contributed by atoms with Crippen molar-refractivity contribution in [3.8, 4) is 0 Å². The lowest BCUT2D eigenvalue weighted by Gasteiger charge is -2.29. The molecule has 0 aliphatic carbocycles. The number of hydrogen-bond acceptors (Lipinski definition) is 2. The van der Waals surface area contributed by atoms with Crippen molar-refractivity contribution in [1.82, 2.24) is 5.32 Å². The van der Waals surface area contributed by atoms with Crippen LogP contribution in [0.3, 0.4) is 0 Å². The van der Waals surface area contributed by atoms with Crippen molar-refractivity contribution in [1.29, 1.82) is 0 Å². The zero-order chi connectivity index (χ0) is 15.5. The first kappa shape index (κ1) is 18.8. The van der Waals surface area contributed by atoms with Crippen LogP contribution in [-0.4, -0.2) is 25.5 Å². The molecule has 0 unspecified atom stereocenters. The van der Waals surface area contributed by atoms with E-state index >= 15 is 0 Å². The lowest BCUT2D eigenvalue weighted by atomic mass is 9.96. The number of nitrogens with one attached hydrogen (secondary N) is 1. The molecule has 1 amide bonds. The monoisotopic (exact) mass is 336 g/mol. The largest absolute Gasteiger partial charge is 0.416 e. The number of rotatable bonds is 3. The summed E-state index contributed by atoms with van der Waals surface area (Å²) in [4.78, 5) is 14.1. The average Bonchev–Trinajstić information content (AvgIpc) is 2.48. The molecule has 2 rings (SSSR count). The van der Waals surface area contributed by atoms with E-state index in [4.69, 9.17) is 0 Å². The second kappa shape index (κ2) is 7.83. The van der Waals surface area contributed by atoms with Gasteiger partial charge in [0.25, 0.3) is 0 Å². The van der Waals surface area contributed by atoms with Gasteiger partial charge in [-0.15, -0.1) is 12.4 Å². The van der Waals surface area contributed by atoms with Crippen molar-refractivity contribution in [2.45, 2.75) is 25.9 Å². The Balaban J connectivity index is 0.00000242. The first-order valence-corrected chi connectivity index (χ1v) is 7.13. The normalized spacial score (nSPS) is 16.0. The second-order valence-electron chi connectivity index (χ2n) is 5.15. The van der Waals surface area contributed by atoms with Crippen molar-refractivity contribution >= 4 is 24.0 Å². The van der Waals surface area contributed by atoms with Crippen LogP contribution in [0.2, 0.25) is 0 Å². The fourth-order valence-electron chi connectivity index (χ4n) is 2.59. The van der Waals surface area contributed by atoms with Crippen LogP contribution in [0.4, 0.5) is 18.9 Å². The Kier molecular flexibility index (Phi) is 6.68. The molecule has 0 bridgehead atoms. The third kappa shape index (κ3) is 4.36. The molecule has 1 N–H and O–H groups in total. The van der Waals surface area contributed by atoms with E-state index in [0.717, 1.165) is 38.1 Å². The molecule has 22 heavy (non-hydrogen) atoms. The highest BCUT2D eigenvalue weighted by Crippen LogP contribution is 2.31. The number of alkyl halides is 3. The number of piperidine rings is 1. The maximum Gasteiger partial charge on any atom is 0.416 e. The summed E-state index contributed by atoms with van der Waals surface area (Å²) >= 11 is 0. The van der Waals surface area contributed by atoms with Crippen molar-refractivity contribution < 1.29 is 18.0 Å². The minimum Gasteiger partial charge on any atom is -0.317 e. The standard InChI is InChI=1S/C15H19F3N2O.ClH/c1-2-20(14(21)11-7-9-19-10-8-11)13-5-3-12(4-6-13)15(16,17)18;/h3-6,11,19H,2,7-10H2,1H3;1H.